The van der Waals surface area contributed by atoms with Crippen LogP contribution in [0.3, 0.4) is 0 Å². The Morgan fingerprint density at radius 3 is 2.68 bits per heavy atom. The highest BCUT2D eigenvalue weighted by Gasteiger charge is 2.21. The van der Waals surface area contributed by atoms with E-state index in [1.54, 1.807) is 12.3 Å². The lowest BCUT2D eigenvalue weighted by Gasteiger charge is -2.13. The number of carbonyl (C=O) groups is 1. The molecule has 1 atom stereocenters. The monoisotopic (exact) mass is 423 g/mol. The molecule has 4 N–H and O–H groups in total. The summed E-state index contributed by atoms with van der Waals surface area (Å²) in [6, 6.07) is 9.16. The van der Waals surface area contributed by atoms with Crippen molar-refractivity contribution in [2.45, 2.75) is 20.0 Å². The first-order valence-electron chi connectivity index (χ1n) is 9.40. The van der Waals surface area contributed by atoms with Gasteiger partial charge < -0.3 is 16.2 Å². The van der Waals surface area contributed by atoms with E-state index in [4.69, 9.17) is 5.73 Å². The number of hydrogen-bond acceptors (Lipinski definition) is 5. The summed E-state index contributed by atoms with van der Waals surface area (Å²) >= 11 is 0. The van der Waals surface area contributed by atoms with Gasteiger partial charge in [-0.25, -0.2) is 18.7 Å². The van der Waals surface area contributed by atoms with Crippen molar-refractivity contribution in [1.29, 1.82) is 0 Å². The topological polar surface area (TPSA) is 106 Å². The highest BCUT2D eigenvalue weighted by molar-refractivity contribution is 5.95. The van der Waals surface area contributed by atoms with Gasteiger partial charge in [-0.2, -0.15) is 0 Å². The number of rotatable bonds is 4. The number of benzene rings is 2. The molecule has 0 radical (unpaired) electrons. The summed E-state index contributed by atoms with van der Waals surface area (Å²) in [5.41, 5.74) is 8.27. The standard InChI is InChI=1S/C22H19F2N5O2/c1-11-10-26-21(25)19-18(27-12(2)29(11)19)13-6-7-17(16(24)9-13)28-22(31)20(30)14-4-3-5-15(23)8-14/h3-10,20,30H,1-2H3,(H2,25,26)(H,28,31)/t20-/m1/s1. The van der Waals surface area contributed by atoms with Crippen LogP contribution in [0.15, 0.2) is 48.7 Å². The van der Waals surface area contributed by atoms with Crippen LogP contribution in [0.2, 0.25) is 0 Å². The lowest BCUT2D eigenvalue weighted by atomic mass is 10.1. The Morgan fingerprint density at radius 2 is 1.97 bits per heavy atom. The van der Waals surface area contributed by atoms with E-state index < -0.39 is 23.6 Å². The van der Waals surface area contributed by atoms with Crippen LogP contribution >= 0.6 is 0 Å². The second kappa shape index (κ2) is 7.77. The number of anilines is 2. The zero-order valence-corrected chi connectivity index (χ0v) is 16.7. The van der Waals surface area contributed by atoms with Crippen LogP contribution in [-0.4, -0.2) is 25.4 Å². The first kappa shape index (κ1) is 20.4. The molecule has 0 aliphatic heterocycles. The molecule has 0 saturated carbocycles. The molecule has 31 heavy (non-hydrogen) atoms. The zero-order valence-electron chi connectivity index (χ0n) is 16.7. The zero-order chi connectivity index (χ0) is 22.3. The third-order valence-electron chi connectivity index (χ3n) is 4.94. The molecule has 7 nitrogen and oxygen atoms in total. The van der Waals surface area contributed by atoms with Crippen LogP contribution in [0, 0.1) is 25.5 Å². The van der Waals surface area contributed by atoms with Crippen molar-refractivity contribution < 1.29 is 18.7 Å². The van der Waals surface area contributed by atoms with Crippen molar-refractivity contribution in [3.63, 3.8) is 0 Å². The average Bonchev–Trinajstić information content (AvgIpc) is 3.10. The largest absolute Gasteiger partial charge is 0.382 e. The maximum absolute atomic E-state index is 14.8. The summed E-state index contributed by atoms with van der Waals surface area (Å²) in [6.45, 7) is 3.67. The molecule has 1 amide bonds. The summed E-state index contributed by atoms with van der Waals surface area (Å²) in [6.07, 6.45) is -0.0208. The van der Waals surface area contributed by atoms with Crippen LogP contribution in [0.1, 0.15) is 23.2 Å². The minimum Gasteiger partial charge on any atom is -0.382 e. The number of nitrogen functional groups attached to an aromatic ring is 1. The van der Waals surface area contributed by atoms with Crippen LogP contribution in [0.5, 0.6) is 0 Å². The number of nitrogens with zero attached hydrogens (tertiary/aromatic N) is 3. The van der Waals surface area contributed by atoms with Crippen LogP contribution < -0.4 is 11.1 Å². The molecule has 2 aromatic heterocycles. The van der Waals surface area contributed by atoms with Crippen molar-refractivity contribution in [1.82, 2.24) is 14.4 Å². The van der Waals surface area contributed by atoms with Gasteiger partial charge in [-0.1, -0.05) is 18.2 Å². The molecular weight excluding hydrogens is 404 g/mol. The number of nitrogens with one attached hydrogen (secondary N) is 1. The number of fused-ring (bicyclic) bond motifs is 1. The third-order valence-corrected chi connectivity index (χ3v) is 4.94. The van der Waals surface area contributed by atoms with Crippen LogP contribution in [0.4, 0.5) is 20.3 Å². The summed E-state index contributed by atoms with van der Waals surface area (Å²) in [5, 5.41) is 12.5. The maximum Gasteiger partial charge on any atom is 0.257 e. The molecule has 0 aliphatic carbocycles. The SMILES string of the molecule is Cc1cnc(N)c2c(-c3ccc(NC(=O)[C@H](O)c4cccc(F)c4)c(F)c3)nc(C)n12. The smallest absolute Gasteiger partial charge is 0.257 e. The lowest BCUT2D eigenvalue weighted by molar-refractivity contribution is -0.124. The van der Waals surface area contributed by atoms with E-state index >= 15 is 0 Å². The molecule has 4 aromatic rings. The lowest BCUT2D eigenvalue weighted by Crippen LogP contribution is -2.21. The summed E-state index contributed by atoms with van der Waals surface area (Å²) in [7, 11) is 0. The summed E-state index contributed by atoms with van der Waals surface area (Å²) in [4.78, 5) is 21.0. The van der Waals surface area contributed by atoms with Gasteiger partial charge in [-0.15, -0.1) is 0 Å². The molecule has 4 rings (SSSR count). The van der Waals surface area contributed by atoms with Gasteiger partial charge in [0.25, 0.3) is 5.91 Å². The predicted octanol–water partition coefficient (Wildman–Crippen LogP) is 3.55. The Kier molecular flexibility index (Phi) is 5.12. The molecule has 2 heterocycles. The van der Waals surface area contributed by atoms with Crippen molar-refractivity contribution in [3.05, 3.63) is 77.4 Å². The third kappa shape index (κ3) is 3.71. The second-order valence-corrected chi connectivity index (χ2v) is 7.12. The predicted molar refractivity (Wildman–Crippen MR) is 112 cm³/mol. The molecule has 0 aliphatic rings. The molecule has 0 fully saturated rings. The minimum absolute atomic E-state index is 0.0628. The van der Waals surface area contributed by atoms with Crippen LogP contribution in [-0.2, 0) is 4.79 Å². The molecule has 9 heteroatoms. The van der Waals surface area contributed by atoms with Gasteiger partial charge in [0.05, 0.1) is 5.69 Å². The Labute approximate surface area is 176 Å². The van der Waals surface area contributed by atoms with E-state index in [1.165, 1.54) is 30.3 Å². The Bertz CT molecular complexity index is 1320. The molecule has 158 valence electrons. The van der Waals surface area contributed by atoms with Gasteiger partial charge >= 0.3 is 0 Å². The van der Waals surface area contributed by atoms with E-state index in [-0.39, 0.29) is 17.1 Å². The van der Waals surface area contributed by atoms with E-state index in [2.05, 4.69) is 15.3 Å². The van der Waals surface area contributed by atoms with Crippen molar-refractivity contribution in [2.75, 3.05) is 11.1 Å². The molecular formula is C22H19F2N5O2. The van der Waals surface area contributed by atoms with E-state index in [1.807, 2.05) is 18.2 Å². The van der Waals surface area contributed by atoms with Gasteiger partial charge in [0, 0.05) is 17.5 Å². The highest BCUT2D eigenvalue weighted by atomic mass is 19.1. The minimum atomic E-state index is -1.65. The van der Waals surface area contributed by atoms with E-state index in [9.17, 15) is 18.7 Å². The number of hydrogen-bond donors (Lipinski definition) is 3. The Morgan fingerprint density at radius 1 is 1.19 bits per heavy atom. The first-order valence-corrected chi connectivity index (χ1v) is 9.40. The molecule has 0 spiro atoms. The molecule has 2 aromatic carbocycles. The van der Waals surface area contributed by atoms with Gasteiger partial charge in [0.1, 0.15) is 34.5 Å². The summed E-state index contributed by atoms with van der Waals surface area (Å²) < 4.78 is 29.9. The highest BCUT2D eigenvalue weighted by Crippen LogP contribution is 2.31. The number of aliphatic hydroxyl groups excluding tert-OH is 1. The Hall–Kier alpha value is -3.85. The fourth-order valence-corrected chi connectivity index (χ4v) is 3.48. The van der Waals surface area contributed by atoms with Crippen LogP contribution in [0.25, 0.3) is 16.8 Å². The van der Waals surface area contributed by atoms with Gasteiger partial charge in [0.15, 0.2) is 6.10 Å². The number of aryl methyl sites for hydroxylation is 2. The number of aliphatic hydroxyl groups is 1. The Balaban J connectivity index is 1.64. The molecule has 0 saturated heterocycles. The van der Waals surface area contributed by atoms with Crippen molar-refractivity contribution in [3.8, 4) is 11.3 Å². The molecule has 0 bridgehead atoms. The normalized spacial score (nSPS) is 12.2. The van der Waals surface area contributed by atoms with Crippen molar-refractivity contribution in [2.24, 2.45) is 0 Å². The molecule has 0 unspecified atom stereocenters. The number of aromatic nitrogens is 3. The number of nitrogens with two attached hydrogens (primary N) is 1. The van der Waals surface area contributed by atoms with Gasteiger partial charge in [0.2, 0.25) is 0 Å². The fraction of sp³-hybridized carbons (Fsp3) is 0.136. The quantitative estimate of drug-likeness (QED) is 0.466. The van der Waals surface area contributed by atoms with E-state index in [0.29, 0.717) is 22.6 Å². The average molecular weight is 423 g/mol. The van der Waals surface area contributed by atoms with E-state index in [0.717, 1.165) is 11.8 Å². The number of amides is 1. The number of imidazole rings is 1. The van der Waals surface area contributed by atoms with Gasteiger partial charge in [-0.3, -0.25) is 9.20 Å². The number of carbonyl (C=O) groups excluding carboxylic acids is 1. The number of halogens is 2. The maximum atomic E-state index is 14.8. The summed E-state index contributed by atoms with van der Waals surface area (Å²) in [5.74, 6) is -1.27. The van der Waals surface area contributed by atoms with Crippen molar-refractivity contribution >= 4 is 22.9 Å². The van der Waals surface area contributed by atoms with Gasteiger partial charge in [-0.05, 0) is 43.7 Å². The first-order chi connectivity index (χ1) is 14.8. The fourth-order valence-electron chi connectivity index (χ4n) is 3.48. The second-order valence-electron chi connectivity index (χ2n) is 7.12.